The molecule has 0 aliphatic rings. The molecular formula is C18H20ClF3N2O2. The fourth-order valence-corrected chi connectivity index (χ4v) is 2.31. The topological polar surface area (TPSA) is 64.3 Å². The summed E-state index contributed by atoms with van der Waals surface area (Å²) in [6.07, 6.45) is -4.47. The molecule has 0 saturated heterocycles. The fraction of sp³-hybridized carbons (Fsp3) is 0.278. The molecule has 1 amide bonds. The quantitative estimate of drug-likeness (QED) is 0.750. The van der Waals surface area contributed by atoms with Crippen molar-refractivity contribution in [1.82, 2.24) is 0 Å². The van der Waals surface area contributed by atoms with Crippen LogP contribution in [0.5, 0.6) is 5.75 Å². The highest BCUT2D eigenvalue weighted by atomic mass is 35.5. The van der Waals surface area contributed by atoms with Gasteiger partial charge in [-0.3, -0.25) is 4.79 Å². The highest BCUT2D eigenvalue weighted by Crippen LogP contribution is 2.33. The Labute approximate surface area is 155 Å². The Morgan fingerprint density at radius 2 is 1.69 bits per heavy atom. The van der Waals surface area contributed by atoms with E-state index in [1.54, 1.807) is 26.0 Å². The van der Waals surface area contributed by atoms with Gasteiger partial charge in [0.2, 0.25) is 5.91 Å². The second kappa shape index (κ2) is 7.86. The number of carbonyl (C=O) groups excluding carboxylic acids is 1. The van der Waals surface area contributed by atoms with E-state index in [-0.39, 0.29) is 18.0 Å². The number of methoxy groups -OCH3 is 1. The summed E-state index contributed by atoms with van der Waals surface area (Å²) in [5.74, 6) is 0.0199. The van der Waals surface area contributed by atoms with Crippen molar-refractivity contribution in [3.8, 4) is 5.75 Å². The molecule has 8 heteroatoms. The van der Waals surface area contributed by atoms with E-state index in [9.17, 15) is 18.0 Å². The summed E-state index contributed by atoms with van der Waals surface area (Å²) in [6.45, 7) is 3.12. The van der Waals surface area contributed by atoms with Crippen LogP contribution >= 0.6 is 12.4 Å². The van der Waals surface area contributed by atoms with Crippen molar-refractivity contribution in [1.29, 1.82) is 0 Å². The van der Waals surface area contributed by atoms with Gasteiger partial charge >= 0.3 is 6.18 Å². The minimum Gasteiger partial charge on any atom is -0.495 e. The maximum Gasteiger partial charge on any atom is 0.416 e. The fourth-order valence-electron chi connectivity index (χ4n) is 2.31. The Kier molecular flexibility index (Phi) is 6.54. The first-order valence-electron chi connectivity index (χ1n) is 7.48. The van der Waals surface area contributed by atoms with Crippen LogP contribution in [-0.4, -0.2) is 13.0 Å². The van der Waals surface area contributed by atoms with Crippen molar-refractivity contribution >= 4 is 29.7 Å². The van der Waals surface area contributed by atoms with Crippen LogP contribution in [0.25, 0.3) is 0 Å². The van der Waals surface area contributed by atoms with Crippen molar-refractivity contribution in [3.63, 3.8) is 0 Å². The van der Waals surface area contributed by atoms with Crippen LogP contribution in [0, 0.1) is 0 Å². The van der Waals surface area contributed by atoms with Crippen LogP contribution < -0.4 is 15.8 Å². The maximum atomic E-state index is 12.9. The lowest BCUT2D eigenvalue weighted by atomic mass is 9.83. The number of halogens is 4. The smallest absolute Gasteiger partial charge is 0.416 e. The van der Waals surface area contributed by atoms with Gasteiger partial charge in [-0.05, 0) is 43.7 Å². The molecule has 0 fully saturated rings. The Morgan fingerprint density at radius 1 is 1.08 bits per heavy atom. The van der Waals surface area contributed by atoms with Gasteiger partial charge in [0.15, 0.2) is 0 Å². The van der Waals surface area contributed by atoms with Crippen molar-refractivity contribution < 1.29 is 22.7 Å². The molecule has 0 unspecified atom stereocenters. The molecule has 2 aromatic carbocycles. The van der Waals surface area contributed by atoms with Gasteiger partial charge in [-0.25, -0.2) is 0 Å². The van der Waals surface area contributed by atoms with Crippen LogP contribution in [-0.2, 0) is 16.4 Å². The summed E-state index contributed by atoms with van der Waals surface area (Å²) >= 11 is 0. The van der Waals surface area contributed by atoms with Crippen LogP contribution in [0.1, 0.15) is 25.0 Å². The van der Waals surface area contributed by atoms with E-state index in [0.717, 1.165) is 12.1 Å². The second-order valence-electron chi connectivity index (χ2n) is 6.11. The molecule has 2 aromatic rings. The number of amides is 1. The lowest BCUT2D eigenvalue weighted by molar-refractivity contribution is -0.137. The predicted octanol–water partition coefficient (Wildman–Crippen LogP) is 4.63. The van der Waals surface area contributed by atoms with Crippen LogP contribution in [0.15, 0.2) is 42.5 Å². The molecule has 0 aliphatic carbocycles. The van der Waals surface area contributed by atoms with Gasteiger partial charge in [-0.15, -0.1) is 12.4 Å². The lowest BCUT2D eigenvalue weighted by Crippen LogP contribution is -2.35. The second-order valence-corrected chi connectivity index (χ2v) is 6.11. The molecule has 0 atom stereocenters. The molecular weight excluding hydrogens is 369 g/mol. The largest absolute Gasteiger partial charge is 0.495 e. The monoisotopic (exact) mass is 388 g/mol. The van der Waals surface area contributed by atoms with Crippen LogP contribution in [0.3, 0.4) is 0 Å². The number of nitrogen functional groups attached to an aromatic ring is 1. The van der Waals surface area contributed by atoms with Crippen molar-refractivity contribution in [2.24, 2.45) is 0 Å². The Hall–Kier alpha value is -2.41. The van der Waals surface area contributed by atoms with Gasteiger partial charge in [0.1, 0.15) is 5.75 Å². The highest BCUT2D eigenvalue weighted by Gasteiger charge is 2.35. The number of benzene rings is 2. The zero-order valence-electron chi connectivity index (χ0n) is 14.5. The van der Waals surface area contributed by atoms with Crippen molar-refractivity contribution in [2.75, 3.05) is 18.2 Å². The number of nitrogens with one attached hydrogen (secondary N) is 1. The molecule has 142 valence electrons. The van der Waals surface area contributed by atoms with Gasteiger partial charge in [0.05, 0.1) is 23.8 Å². The number of ether oxygens (including phenoxy) is 1. The lowest BCUT2D eigenvalue weighted by Gasteiger charge is -2.25. The zero-order valence-corrected chi connectivity index (χ0v) is 15.3. The number of rotatable bonds is 4. The van der Waals surface area contributed by atoms with E-state index in [0.29, 0.717) is 17.1 Å². The molecule has 0 spiro atoms. The zero-order chi connectivity index (χ0) is 18.8. The highest BCUT2D eigenvalue weighted by molar-refractivity contribution is 5.99. The number of hydrogen-bond acceptors (Lipinski definition) is 3. The van der Waals surface area contributed by atoms with Gasteiger partial charge in [0, 0.05) is 5.69 Å². The summed E-state index contributed by atoms with van der Waals surface area (Å²) in [7, 11) is 1.47. The first-order valence-corrected chi connectivity index (χ1v) is 7.48. The molecule has 0 radical (unpaired) electrons. The minimum atomic E-state index is -4.47. The first kappa shape index (κ1) is 21.6. The van der Waals surface area contributed by atoms with E-state index in [1.165, 1.54) is 25.3 Å². The molecule has 0 saturated carbocycles. The molecule has 0 bridgehead atoms. The van der Waals surface area contributed by atoms with E-state index in [2.05, 4.69) is 5.32 Å². The molecule has 0 aliphatic heterocycles. The molecule has 0 heterocycles. The third kappa shape index (κ3) is 4.60. The van der Waals surface area contributed by atoms with Gasteiger partial charge < -0.3 is 15.8 Å². The number of alkyl halides is 3. The maximum absolute atomic E-state index is 12.9. The van der Waals surface area contributed by atoms with Gasteiger partial charge in [-0.2, -0.15) is 13.2 Å². The number of nitrogens with two attached hydrogens (primary N) is 1. The van der Waals surface area contributed by atoms with E-state index >= 15 is 0 Å². The standard InChI is InChI=1S/C18H19F3N2O2.ClH/c1-17(2,11-5-4-6-12(9-11)18(19,20)21)16(24)23-13-7-8-15(25-3)14(22)10-13;/h4-10H,22H2,1-3H3,(H,23,24);1H. The average molecular weight is 389 g/mol. The SMILES string of the molecule is COc1ccc(NC(=O)C(C)(C)c2cccc(C(F)(F)F)c2)cc1N.Cl. The van der Waals surface area contributed by atoms with Gasteiger partial charge in [0.25, 0.3) is 0 Å². The molecule has 2 rings (SSSR count). The first-order chi connectivity index (χ1) is 11.6. The van der Waals surface area contributed by atoms with Crippen LogP contribution in [0.2, 0.25) is 0 Å². The normalized spacial score (nSPS) is 11.5. The predicted molar refractivity (Wildman–Crippen MR) is 97.8 cm³/mol. The summed E-state index contributed by atoms with van der Waals surface area (Å²) in [4.78, 5) is 12.6. The Morgan fingerprint density at radius 3 is 2.23 bits per heavy atom. The van der Waals surface area contributed by atoms with Crippen molar-refractivity contribution in [3.05, 3.63) is 53.6 Å². The molecule has 0 aromatic heterocycles. The third-order valence-corrected chi connectivity index (χ3v) is 3.97. The van der Waals surface area contributed by atoms with Gasteiger partial charge in [-0.1, -0.05) is 18.2 Å². The number of anilines is 2. The Balaban J connectivity index is 0.00000338. The van der Waals surface area contributed by atoms with E-state index in [4.69, 9.17) is 10.5 Å². The van der Waals surface area contributed by atoms with E-state index in [1.807, 2.05) is 0 Å². The molecule has 4 nitrogen and oxygen atoms in total. The summed E-state index contributed by atoms with van der Waals surface area (Å²) in [5, 5.41) is 2.68. The molecule has 3 N–H and O–H groups in total. The number of carbonyl (C=O) groups is 1. The minimum absolute atomic E-state index is 0. The average Bonchev–Trinajstić information content (AvgIpc) is 2.54. The Bertz CT molecular complexity index is 792. The summed E-state index contributed by atoms with van der Waals surface area (Å²) < 4.78 is 43.7. The third-order valence-electron chi connectivity index (χ3n) is 3.97. The molecule has 26 heavy (non-hydrogen) atoms. The summed E-state index contributed by atoms with van der Waals surface area (Å²) in [6, 6.07) is 9.48. The van der Waals surface area contributed by atoms with Crippen LogP contribution in [0.4, 0.5) is 24.5 Å². The number of hydrogen-bond donors (Lipinski definition) is 2. The van der Waals surface area contributed by atoms with E-state index < -0.39 is 23.1 Å². The van der Waals surface area contributed by atoms with Crippen molar-refractivity contribution in [2.45, 2.75) is 25.4 Å². The summed E-state index contributed by atoms with van der Waals surface area (Å²) in [5.41, 5.74) is 4.87.